The summed E-state index contributed by atoms with van der Waals surface area (Å²) >= 11 is 0. The Balaban J connectivity index is 0.000000583. The molecular formula is C11H12O4. The highest BCUT2D eigenvalue weighted by Gasteiger charge is 2.03. The second-order valence-corrected chi connectivity index (χ2v) is 2.59. The molecule has 0 bridgehead atoms. The second kappa shape index (κ2) is 8.66. The summed E-state index contributed by atoms with van der Waals surface area (Å²) in [6.45, 7) is 2.46. The fraction of sp³-hybridized carbons (Fsp3) is 0.273. The Hall–Kier alpha value is -1.93. The maximum Gasteiger partial charge on any atom is 0.373 e. The molecule has 0 N–H and O–H groups in total. The number of carbonyl (C=O) groups excluding carboxylic acids is 3. The molecule has 0 aliphatic rings. The van der Waals surface area contributed by atoms with Gasteiger partial charge in [0.2, 0.25) is 0 Å². The molecule has 4 nitrogen and oxygen atoms in total. The third-order valence-corrected chi connectivity index (χ3v) is 1.45. The normalized spacial score (nSPS) is 8.07. The van der Waals surface area contributed by atoms with Crippen molar-refractivity contribution in [2.75, 3.05) is 6.61 Å². The van der Waals surface area contributed by atoms with Gasteiger partial charge in [0.25, 0.3) is 0 Å². The molecule has 1 aromatic rings. The summed E-state index contributed by atoms with van der Waals surface area (Å²) in [5, 5.41) is 0. The first-order chi connectivity index (χ1) is 7.26. The average molecular weight is 208 g/mol. The molecule has 0 atom stereocenters. The van der Waals surface area contributed by atoms with Crippen molar-refractivity contribution in [2.24, 2.45) is 0 Å². The second-order valence-electron chi connectivity index (χ2n) is 2.59. The molecule has 0 radical (unpaired) electrons. The Morgan fingerprint density at radius 3 is 2.27 bits per heavy atom. The molecule has 80 valence electrons. The zero-order valence-corrected chi connectivity index (χ0v) is 8.43. The molecule has 4 heteroatoms. The average Bonchev–Trinajstić information content (AvgIpc) is 2.28. The SMILES string of the molecule is CCCOC(=O)c1ccccc1.O=C=O. The molecule has 0 aromatic heterocycles. The smallest absolute Gasteiger partial charge is 0.373 e. The van der Waals surface area contributed by atoms with E-state index in [-0.39, 0.29) is 12.1 Å². The van der Waals surface area contributed by atoms with Gasteiger partial charge < -0.3 is 4.74 Å². The van der Waals surface area contributed by atoms with Gasteiger partial charge in [-0.1, -0.05) is 25.1 Å². The van der Waals surface area contributed by atoms with E-state index in [0.717, 1.165) is 6.42 Å². The van der Waals surface area contributed by atoms with Crippen molar-refractivity contribution in [2.45, 2.75) is 13.3 Å². The van der Waals surface area contributed by atoms with Crippen molar-refractivity contribution < 1.29 is 19.1 Å². The molecule has 0 heterocycles. The lowest BCUT2D eigenvalue weighted by Crippen LogP contribution is -2.05. The Morgan fingerprint density at radius 2 is 1.80 bits per heavy atom. The van der Waals surface area contributed by atoms with E-state index < -0.39 is 0 Å². The number of hydrogen-bond acceptors (Lipinski definition) is 4. The van der Waals surface area contributed by atoms with E-state index in [2.05, 4.69) is 0 Å². The van der Waals surface area contributed by atoms with Gasteiger partial charge in [0.1, 0.15) is 0 Å². The van der Waals surface area contributed by atoms with Crippen LogP contribution in [0.5, 0.6) is 0 Å². The van der Waals surface area contributed by atoms with Gasteiger partial charge >= 0.3 is 12.1 Å². The highest BCUT2D eigenvalue weighted by atomic mass is 16.5. The molecule has 0 spiro atoms. The minimum Gasteiger partial charge on any atom is -0.462 e. The van der Waals surface area contributed by atoms with E-state index in [1.807, 2.05) is 25.1 Å². The zero-order chi connectivity index (χ0) is 11.5. The Bertz CT molecular complexity index is 313. The number of rotatable bonds is 3. The lowest BCUT2D eigenvalue weighted by atomic mass is 10.2. The van der Waals surface area contributed by atoms with Crippen molar-refractivity contribution in [3.05, 3.63) is 35.9 Å². The number of ether oxygens (including phenoxy) is 1. The minimum absolute atomic E-state index is 0.238. The summed E-state index contributed by atoms with van der Waals surface area (Å²) in [5.41, 5.74) is 0.617. The molecule has 0 fully saturated rings. The fourth-order valence-corrected chi connectivity index (χ4v) is 0.852. The van der Waals surface area contributed by atoms with Crippen LogP contribution < -0.4 is 0 Å². The van der Waals surface area contributed by atoms with Crippen LogP contribution in [-0.4, -0.2) is 18.7 Å². The number of carbonyl (C=O) groups is 1. The highest BCUT2D eigenvalue weighted by Crippen LogP contribution is 2.00. The minimum atomic E-state index is -0.238. The summed E-state index contributed by atoms with van der Waals surface area (Å²) in [6, 6.07) is 9.01. The predicted molar refractivity (Wildman–Crippen MR) is 52.0 cm³/mol. The third kappa shape index (κ3) is 6.18. The van der Waals surface area contributed by atoms with Gasteiger partial charge in [0, 0.05) is 0 Å². The maximum atomic E-state index is 11.2. The molecule has 0 saturated carbocycles. The molecule has 15 heavy (non-hydrogen) atoms. The van der Waals surface area contributed by atoms with Crippen LogP contribution in [0.2, 0.25) is 0 Å². The first kappa shape index (κ1) is 13.1. The van der Waals surface area contributed by atoms with Gasteiger partial charge in [0.05, 0.1) is 12.2 Å². The summed E-state index contributed by atoms with van der Waals surface area (Å²) in [6.07, 6.45) is 1.11. The van der Waals surface area contributed by atoms with Gasteiger partial charge in [-0.25, -0.2) is 4.79 Å². The summed E-state index contributed by atoms with van der Waals surface area (Å²) < 4.78 is 4.94. The Labute approximate surface area is 87.9 Å². The molecule has 0 aliphatic heterocycles. The van der Waals surface area contributed by atoms with Crippen molar-refractivity contribution in [3.63, 3.8) is 0 Å². The number of esters is 1. The van der Waals surface area contributed by atoms with Crippen LogP contribution in [0.15, 0.2) is 30.3 Å². The predicted octanol–water partition coefficient (Wildman–Crippen LogP) is 1.67. The maximum absolute atomic E-state index is 11.2. The van der Waals surface area contributed by atoms with Crippen LogP contribution in [0.25, 0.3) is 0 Å². The van der Waals surface area contributed by atoms with Crippen LogP contribution in [0.1, 0.15) is 23.7 Å². The molecule has 0 unspecified atom stereocenters. The van der Waals surface area contributed by atoms with Crippen molar-refractivity contribution in [1.29, 1.82) is 0 Å². The zero-order valence-electron chi connectivity index (χ0n) is 8.43. The highest BCUT2D eigenvalue weighted by molar-refractivity contribution is 5.89. The van der Waals surface area contributed by atoms with E-state index in [9.17, 15) is 4.79 Å². The van der Waals surface area contributed by atoms with Crippen LogP contribution in [0.3, 0.4) is 0 Å². The van der Waals surface area contributed by atoms with Gasteiger partial charge in [-0.2, -0.15) is 9.59 Å². The topological polar surface area (TPSA) is 60.4 Å². The lowest BCUT2D eigenvalue weighted by molar-refractivity contribution is -0.191. The van der Waals surface area contributed by atoms with Crippen LogP contribution in [0, 0.1) is 0 Å². The molecule has 1 rings (SSSR count). The third-order valence-electron chi connectivity index (χ3n) is 1.45. The first-order valence-electron chi connectivity index (χ1n) is 4.47. The van der Waals surface area contributed by atoms with E-state index >= 15 is 0 Å². The van der Waals surface area contributed by atoms with Gasteiger partial charge in [-0.15, -0.1) is 0 Å². The van der Waals surface area contributed by atoms with Crippen molar-refractivity contribution >= 4 is 12.1 Å². The monoisotopic (exact) mass is 208 g/mol. The van der Waals surface area contributed by atoms with Gasteiger partial charge in [-0.05, 0) is 18.6 Å². The standard InChI is InChI=1S/C10H12O2.CO2/c1-2-8-12-10(11)9-6-4-3-5-7-9;2-1-3/h3-7H,2,8H2,1H3;. The van der Waals surface area contributed by atoms with E-state index in [4.69, 9.17) is 14.3 Å². The quantitative estimate of drug-likeness (QED) is 0.709. The number of benzene rings is 1. The van der Waals surface area contributed by atoms with E-state index in [1.165, 1.54) is 0 Å². The summed E-state index contributed by atoms with van der Waals surface area (Å²) in [5.74, 6) is -0.238. The van der Waals surface area contributed by atoms with Crippen molar-refractivity contribution in [3.8, 4) is 0 Å². The van der Waals surface area contributed by atoms with Crippen LogP contribution in [-0.2, 0) is 14.3 Å². The number of hydrogen-bond donors (Lipinski definition) is 0. The Kier molecular flexibility index (Phi) is 7.54. The summed E-state index contributed by atoms with van der Waals surface area (Å²) in [4.78, 5) is 27.4. The van der Waals surface area contributed by atoms with Crippen molar-refractivity contribution in [1.82, 2.24) is 0 Å². The molecule has 0 saturated heterocycles. The molecule has 0 amide bonds. The van der Waals surface area contributed by atoms with Gasteiger partial charge in [-0.3, -0.25) is 0 Å². The lowest BCUT2D eigenvalue weighted by Gasteiger charge is -2.01. The van der Waals surface area contributed by atoms with Gasteiger partial charge in [0.15, 0.2) is 0 Å². The fourth-order valence-electron chi connectivity index (χ4n) is 0.852. The molecule has 1 aromatic carbocycles. The van der Waals surface area contributed by atoms with Crippen LogP contribution in [0.4, 0.5) is 0 Å². The Morgan fingerprint density at radius 1 is 1.27 bits per heavy atom. The van der Waals surface area contributed by atoms with E-state index in [0.29, 0.717) is 12.2 Å². The first-order valence-corrected chi connectivity index (χ1v) is 4.47. The summed E-state index contributed by atoms with van der Waals surface area (Å²) in [7, 11) is 0. The molecular weight excluding hydrogens is 196 g/mol. The molecule has 0 aliphatic carbocycles. The van der Waals surface area contributed by atoms with Crippen LogP contribution >= 0.6 is 0 Å². The largest absolute Gasteiger partial charge is 0.462 e. The van der Waals surface area contributed by atoms with E-state index in [1.54, 1.807) is 12.1 Å².